The molecule has 0 saturated heterocycles. The van der Waals surface area contributed by atoms with Crippen LogP contribution in [0.4, 0.5) is 0 Å². The Balaban J connectivity index is 2.94. The van der Waals surface area contributed by atoms with Gasteiger partial charge >= 0.3 is 0 Å². The molecule has 0 aliphatic heterocycles. The minimum absolute atomic E-state index is 0.0692. The summed E-state index contributed by atoms with van der Waals surface area (Å²) in [6, 6.07) is 5.32. The van der Waals surface area contributed by atoms with E-state index in [0.717, 1.165) is 17.6 Å². The van der Waals surface area contributed by atoms with Crippen molar-refractivity contribution in [3.05, 3.63) is 33.3 Å². The predicted octanol–water partition coefficient (Wildman–Crippen LogP) is 4.86. The van der Waals surface area contributed by atoms with Gasteiger partial charge in [-0.25, -0.2) is 0 Å². The maximum Gasteiger partial charge on any atom is 0.253 e. The van der Waals surface area contributed by atoms with Gasteiger partial charge in [-0.2, -0.15) is 0 Å². The van der Waals surface area contributed by atoms with Gasteiger partial charge in [-0.15, -0.1) is 0 Å². The first-order valence-electron chi connectivity index (χ1n) is 6.55. The van der Waals surface area contributed by atoms with Crippen LogP contribution in [-0.2, 0) is 0 Å². The number of nitrogens with zero attached hydrogens (tertiary/aromatic N) is 1. The van der Waals surface area contributed by atoms with Crippen molar-refractivity contribution in [3.63, 3.8) is 0 Å². The minimum atomic E-state index is 0.0692. The Morgan fingerprint density at radius 3 is 2.16 bits per heavy atom. The maximum absolute atomic E-state index is 12.5. The third kappa shape index (κ3) is 5.15. The van der Waals surface area contributed by atoms with Gasteiger partial charge in [0.25, 0.3) is 5.91 Å². The van der Waals surface area contributed by atoms with E-state index < -0.39 is 0 Å². The summed E-state index contributed by atoms with van der Waals surface area (Å²) in [6.07, 6.45) is 0. The fourth-order valence-corrected chi connectivity index (χ4v) is 2.43. The molecule has 0 saturated carbocycles. The van der Waals surface area contributed by atoms with Crippen molar-refractivity contribution in [3.8, 4) is 0 Å². The van der Waals surface area contributed by atoms with Crippen molar-refractivity contribution in [2.45, 2.75) is 27.7 Å². The van der Waals surface area contributed by atoms with Crippen molar-refractivity contribution in [2.24, 2.45) is 11.8 Å². The van der Waals surface area contributed by atoms with E-state index in [0.29, 0.717) is 22.4 Å². The van der Waals surface area contributed by atoms with Gasteiger partial charge in [-0.3, -0.25) is 4.79 Å². The van der Waals surface area contributed by atoms with E-state index in [9.17, 15) is 4.79 Å². The van der Waals surface area contributed by atoms with E-state index in [1.165, 1.54) is 0 Å². The Hall–Kier alpha value is -0.540. The lowest BCUT2D eigenvalue weighted by Crippen LogP contribution is -2.37. The average molecular weight is 347 g/mol. The van der Waals surface area contributed by atoms with Gasteiger partial charge in [0.2, 0.25) is 0 Å². The summed E-state index contributed by atoms with van der Waals surface area (Å²) in [5, 5.41) is 0.621. The zero-order valence-corrected chi connectivity index (χ0v) is 14.3. The maximum atomic E-state index is 12.5. The summed E-state index contributed by atoms with van der Waals surface area (Å²) in [7, 11) is 0. The highest BCUT2D eigenvalue weighted by Crippen LogP contribution is 2.24. The molecular formula is C15H21BrClNO. The second-order valence-electron chi connectivity index (χ2n) is 5.63. The third-order valence-electron chi connectivity index (χ3n) is 2.62. The van der Waals surface area contributed by atoms with Crippen molar-refractivity contribution in [1.82, 2.24) is 4.90 Å². The summed E-state index contributed by atoms with van der Waals surface area (Å²) >= 11 is 9.32. The monoisotopic (exact) mass is 345 g/mol. The molecule has 0 spiro atoms. The lowest BCUT2D eigenvalue weighted by Gasteiger charge is -2.26. The smallest absolute Gasteiger partial charge is 0.253 e. The van der Waals surface area contributed by atoms with E-state index in [1.807, 2.05) is 4.90 Å². The van der Waals surface area contributed by atoms with E-state index in [-0.39, 0.29) is 5.91 Å². The fraction of sp³-hybridized carbons (Fsp3) is 0.533. The van der Waals surface area contributed by atoms with Gasteiger partial charge < -0.3 is 4.90 Å². The molecule has 0 aliphatic carbocycles. The molecule has 0 heterocycles. The lowest BCUT2D eigenvalue weighted by atomic mass is 10.1. The summed E-state index contributed by atoms with van der Waals surface area (Å²) < 4.78 is 0.758. The largest absolute Gasteiger partial charge is 0.338 e. The molecule has 1 aromatic carbocycles. The molecule has 0 N–H and O–H groups in total. The molecule has 0 aliphatic rings. The van der Waals surface area contributed by atoms with E-state index in [4.69, 9.17) is 11.6 Å². The quantitative estimate of drug-likeness (QED) is 0.746. The van der Waals surface area contributed by atoms with Crippen molar-refractivity contribution >= 4 is 33.4 Å². The topological polar surface area (TPSA) is 20.3 Å². The molecule has 1 rings (SSSR count). The molecule has 2 nitrogen and oxygen atoms in total. The lowest BCUT2D eigenvalue weighted by molar-refractivity contribution is 0.0715. The SMILES string of the molecule is CC(C)CN(CC(C)C)C(=O)c1ccc(Cl)c(Br)c1. The highest BCUT2D eigenvalue weighted by Gasteiger charge is 2.18. The van der Waals surface area contributed by atoms with Crippen LogP contribution in [0.2, 0.25) is 5.02 Å². The number of rotatable bonds is 5. The van der Waals surface area contributed by atoms with Crippen molar-refractivity contribution in [1.29, 1.82) is 0 Å². The molecular weight excluding hydrogens is 326 g/mol. The van der Waals surface area contributed by atoms with E-state index >= 15 is 0 Å². The molecule has 0 aromatic heterocycles. The van der Waals surface area contributed by atoms with Crippen LogP contribution in [0.3, 0.4) is 0 Å². The van der Waals surface area contributed by atoms with Gasteiger partial charge in [0, 0.05) is 23.1 Å². The first-order chi connectivity index (χ1) is 8.81. The van der Waals surface area contributed by atoms with Crippen LogP contribution in [0, 0.1) is 11.8 Å². The molecule has 0 radical (unpaired) electrons. The number of amides is 1. The van der Waals surface area contributed by atoms with Crippen LogP contribution in [-0.4, -0.2) is 23.9 Å². The Morgan fingerprint density at radius 1 is 1.21 bits per heavy atom. The molecule has 1 amide bonds. The average Bonchev–Trinajstić information content (AvgIpc) is 2.29. The standard InChI is InChI=1S/C15H21BrClNO/c1-10(2)8-18(9-11(3)4)15(19)12-5-6-14(17)13(16)7-12/h5-7,10-11H,8-9H2,1-4H3. The van der Waals surface area contributed by atoms with Crippen LogP contribution in [0.15, 0.2) is 22.7 Å². The first-order valence-corrected chi connectivity index (χ1v) is 7.72. The predicted molar refractivity (Wildman–Crippen MR) is 84.7 cm³/mol. The van der Waals surface area contributed by atoms with E-state index in [1.54, 1.807) is 18.2 Å². The van der Waals surface area contributed by atoms with Gasteiger partial charge in [0.15, 0.2) is 0 Å². The Kier molecular flexibility index (Phi) is 6.34. The molecule has 0 unspecified atom stereocenters. The third-order valence-corrected chi connectivity index (χ3v) is 3.84. The van der Waals surface area contributed by atoms with Gasteiger partial charge in [0.1, 0.15) is 0 Å². The Morgan fingerprint density at radius 2 is 1.74 bits per heavy atom. The normalized spacial score (nSPS) is 11.2. The van der Waals surface area contributed by atoms with Crippen LogP contribution >= 0.6 is 27.5 Å². The first kappa shape index (κ1) is 16.5. The number of halogens is 2. The molecule has 19 heavy (non-hydrogen) atoms. The second-order valence-corrected chi connectivity index (χ2v) is 6.89. The number of hydrogen-bond donors (Lipinski definition) is 0. The highest BCUT2D eigenvalue weighted by atomic mass is 79.9. The molecule has 0 fully saturated rings. The van der Waals surface area contributed by atoms with Crippen LogP contribution in [0.1, 0.15) is 38.1 Å². The van der Waals surface area contributed by atoms with Crippen molar-refractivity contribution < 1.29 is 4.79 Å². The van der Waals surface area contributed by atoms with E-state index in [2.05, 4.69) is 43.6 Å². The number of benzene rings is 1. The fourth-order valence-electron chi connectivity index (χ4n) is 1.93. The Bertz CT molecular complexity index is 436. The Labute approximate surface area is 129 Å². The molecule has 1 aromatic rings. The van der Waals surface area contributed by atoms with Gasteiger partial charge in [-0.05, 0) is 46.0 Å². The zero-order valence-electron chi connectivity index (χ0n) is 11.9. The zero-order chi connectivity index (χ0) is 14.6. The summed E-state index contributed by atoms with van der Waals surface area (Å²) in [6.45, 7) is 10.0. The van der Waals surface area contributed by atoms with Crippen molar-refractivity contribution in [2.75, 3.05) is 13.1 Å². The number of carbonyl (C=O) groups is 1. The summed E-state index contributed by atoms with van der Waals surface area (Å²) in [4.78, 5) is 14.5. The number of hydrogen-bond acceptors (Lipinski definition) is 1. The highest BCUT2D eigenvalue weighted by molar-refractivity contribution is 9.10. The molecule has 4 heteroatoms. The van der Waals surface area contributed by atoms with Gasteiger partial charge in [-0.1, -0.05) is 39.3 Å². The minimum Gasteiger partial charge on any atom is -0.338 e. The summed E-state index contributed by atoms with van der Waals surface area (Å²) in [5.41, 5.74) is 0.678. The number of carbonyl (C=O) groups excluding carboxylic acids is 1. The van der Waals surface area contributed by atoms with Crippen LogP contribution in [0.25, 0.3) is 0 Å². The van der Waals surface area contributed by atoms with Crippen LogP contribution < -0.4 is 0 Å². The summed E-state index contributed by atoms with van der Waals surface area (Å²) in [5.74, 6) is 0.983. The molecule has 106 valence electrons. The van der Waals surface area contributed by atoms with Crippen LogP contribution in [0.5, 0.6) is 0 Å². The molecule has 0 bridgehead atoms. The second kappa shape index (κ2) is 7.30. The molecule has 0 atom stereocenters. The van der Waals surface area contributed by atoms with Gasteiger partial charge in [0.05, 0.1) is 5.02 Å².